The summed E-state index contributed by atoms with van der Waals surface area (Å²) in [6, 6.07) is 0. The predicted molar refractivity (Wildman–Crippen MR) is 64.7 cm³/mol. The second-order valence-electron chi connectivity index (χ2n) is 5.78. The van der Waals surface area contributed by atoms with E-state index in [0.717, 1.165) is 0 Å². The zero-order chi connectivity index (χ0) is 13.7. The Hall–Kier alpha value is -1.10. The fraction of sp³-hybridized carbons (Fsp3) is 0.833. The molecule has 0 aliphatic carbocycles. The van der Waals surface area contributed by atoms with Gasteiger partial charge in [-0.25, -0.2) is 0 Å². The quantitative estimate of drug-likeness (QED) is 0.711. The summed E-state index contributed by atoms with van der Waals surface area (Å²) < 4.78 is 4.99. The summed E-state index contributed by atoms with van der Waals surface area (Å²) in [5.74, 6) is -1.04. The number of hydrogen-bond donors (Lipinski definition) is 2. The maximum Gasteiger partial charge on any atom is 0.303 e. The molecule has 17 heavy (non-hydrogen) atoms. The molecular weight excluding hydrogens is 222 g/mol. The van der Waals surface area contributed by atoms with Gasteiger partial charge in [0.2, 0.25) is 5.91 Å². The minimum atomic E-state index is -0.890. The number of rotatable bonds is 7. The molecule has 5 heteroatoms. The number of carboxylic acids is 1. The van der Waals surface area contributed by atoms with Crippen LogP contribution in [0, 0.1) is 5.41 Å². The molecule has 0 aromatic carbocycles. The Labute approximate surface area is 103 Å². The molecule has 0 saturated carbocycles. The summed E-state index contributed by atoms with van der Waals surface area (Å²) >= 11 is 0. The smallest absolute Gasteiger partial charge is 0.303 e. The molecule has 5 nitrogen and oxygen atoms in total. The van der Waals surface area contributed by atoms with Crippen molar-refractivity contribution in [3.8, 4) is 0 Å². The number of amides is 1. The van der Waals surface area contributed by atoms with E-state index in [9.17, 15) is 9.59 Å². The van der Waals surface area contributed by atoms with Gasteiger partial charge in [0.1, 0.15) is 0 Å². The Morgan fingerprint density at radius 2 is 1.71 bits per heavy atom. The standard InChI is InChI=1S/C12H23NO4/c1-11(2,7-10(15)16)6-9(14)13-12(3,4)8-17-5/h6-8H2,1-5H3,(H,13,14)(H,15,16). The van der Waals surface area contributed by atoms with E-state index < -0.39 is 16.9 Å². The number of carboxylic acid groups (broad SMARTS) is 1. The topological polar surface area (TPSA) is 75.6 Å². The first-order chi connectivity index (χ1) is 7.58. The van der Waals surface area contributed by atoms with Crippen molar-refractivity contribution in [1.29, 1.82) is 0 Å². The average molecular weight is 245 g/mol. The van der Waals surface area contributed by atoms with Gasteiger partial charge >= 0.3 is 5.97 Å². The Balaban J connectivity index is 4.31. The van der Waals surface area contributed by atoms with E-state index in [0.29, 0.717) is 6.61 Å². The maximum absolute atomic E-state index is 11.8. The Morgan fingerprint density at radius 1 is 1.18 bits per heavy atom. The molecular formula is C12H23NO4. The fourth-order valence-corrected chi connectivity index (χ4v) is 1.73. The lowest BCUT2D eigenvalue weighted by atomic mass is 9.85. The second kappa shape index (κ2) is 6.00. The highest BCUT2D eigenvalue weighted by molar-refractivity contribution is 5.78. The van der Waals surface area contributed by atoms with Crippen molar-refractivity contribution in [2.75, 3.05) is 13.7 Å². The van der Waals surface area contributed by atoms with Gasteiger partial charge in [-0.05, 0) is 19.3 Å². The summed E-state index contributed by atoms with van der Waals surface area (Å²) in [5, 5.41) is 11.6. The van der Waals surface area contributed by atoms with E-state index in [4.69, 9.17) is 9.84 Å². The molecule has 0 heterocycles. The minimum absolute atomic E-state index is 0.0227. The molecule has 0 fully saturated rings. The monoisotopic (exact) mass is 245 g/mol. The van der Waals surface area contributed by atoms with Crippen LogP contribution in [-0.2, 0) is 14.3 Å². The summed E-state index contributed by atoms with van der Waals surface area (Å²) in [6.07, 6.45) is 0.164. The highest BCUT2D eigenvalue weighted by atomic mass is 16.5. The van der Waals surface area contributed by atoms with Gasteiger partial charge in [-0.1, -0.05) is 13.8 Å². The van der Waals surface area contributed by atoms with Gasteiger partial charge in [0.15, 0.2) is 0 Å². The van der Waals surface area contributed by atoms with E-state index in [-0.39, 0.29) is 18.7 Å². The normalized spacial score (nSPS) is 12.3. The first kappa shape index (κ1) is 15.9. The van der Waals surface area contributed by atoms with Crippen LogP contribution in [0.1, 0.15) is 40.5 Å². The van der Waals surface area contributed by atoms with E-state index in [2.05, 4.69) is 5.32 Å². The van der Waals surface area contributed by atoms with Crippen LogP contribution in [0.25, 0.3) is 0 Å². The zero-order valence-corrected chi connectivity index (χ0v) is 11.3. The Kier molecular flexibility index (Phi) is 5.61. The van der Waals surface area contributed by atoms with Gasteiger partial charge in [-0.2, -0.15) is 0 Å². The summed E-state index contributed by atoms with van der Waals surface area (Å²) in [5.41, 5.74) is -0.982. The third kappa shape index (κ3) is 7.74. The first-order valence-electron chi connectivity index (χ1n) is 5.60. The predicted octanol–water partition coefficient (Wildman–Crippen LogP) is 1.42. The van der Waals surface area contributed by atoms with Crippen molar-refractivity contribution < 1.29 is 19.4 Å². The van der Waals surface area contributed by atoms with Crippen molar-refractivity contribution in [3.63, 3.8) is 0 Å². The molecule has 2 N–H and O–H groups in total. The Bertz CT molecular complexity index is 284. The van der Waals surface area contributed by atoms with Crippen molar-refractivity contribution in [2.24, 2.45) is 5.41 Å². The van der Waals surface area contributed by atoms with Gasteiger partial charge in [0.25, 0.3) is 0 Å². The van der Waals surface area contributed by atoms with Crippen LogP contribution in [0.3, 0.4) is 0 Å². The molecule has 0 bridgehead atoms. The number of hydrogen-bond acceptors (Lipinski definition) is 3. The van der Waals surface area contributed by atoms with E-state index >= 15 is 0 Å². The molecule has 100 valence electrons. The van der Waals surface area contributed by atoms with Crippen molar-refractivity contribution >= 4 is 11.9 Å². The van der Waals surface area contributed by atoms with Crippen LogP contribution < -0.4 is 5.32 Å². The van der Waals surface area contributed by atoms with E-state index in [1.54, 1.807) is 21.0 Å². The maximum atomic E-state index is 11.8. The number of carbonyl (C=O) groups is 2. The summed E-state index contributed by atoms with van der Waals surface area (Å²) in [7, 11) is 1.57. The van der Waals surface area contributed by atoms with Gasteiger partial charge in [-0.15, -0.1) is 0 Å². The molecule has 0 saturated heterocycles. The largest absolute Gasteiger partial charge is 0.481 e. The molecule has 0 rings (SSSR count). The molecule has 0 atom stereocenters. The molecule has 0 unspecified atom stereocenters. The van der Waals surface area contributed by atoms with Crippen LogP contribution in [-0.4, -0.2) is 36.2 Å². The molecule has 0 aromatic heterocycles. The fourth-order valence-electron chi connectivity index (χ4n) is 1.73. The Morgan fingerprint density at radius 3 is 2.12 bits per heavy atom. The summed E-state index contributed by atoms with van der Waals surface area (Å²) in [6.45, 7) is 7.67. The highest BCUT2D eigenvalue weighted by Gasteiger charge is 2.28. The van der Waals surface area contributed by atoms with Crippen molar-refractivity contribution in [2.45, 2.75) is 46.1 Å². The molecule has 0 aliphatic rings. The van der Waals surface area contributed by atoms with Gasteiger partial charge in [0, 0.05) is 13.5 Å². The second-order valence-corrected chi connectivity index (χ2v) is 5.78. The number of aliphatic carboxylic acids is 1. The average Bonchev–Trinajstić information content (AvgIpc) is 1.96. The number of ether oxygens (including phenoxy) is 1. The lowest BCUT2D eigenvalue weighted by Gasteiger charge is -2.28. The van der Waals surface area contributed by atoms with E-state index in [1.165, 1.54) is 0 Å². The van der Waals surface area contributed by atoms with Crippen molar-refractivity contribution in [3.05, 3.63) is 0 Å². The third-order valence-corrected chi connectivity index (χ3v) is 2.25. The number of nitrogens with one attached hydrogen (secondary N) is 1. The number of carbonyl (C=O) groups excluding carboxylic acids is 1. The van der Waals surface area contributed by atoms with Crippen LogP contribution >= 0.6 is 0 Å². The molecule has 0 aliphatic heterocycles. The molecule has 0 aromatic rings. The van der Waals surface area contributed by atoms with Crippen LogP contribution in [0.2, 0.25) is 0 Å². The first-order valence-corrected chi connectivity index (χ1v) is 5.60. The van der Waals surface area contributed by atoms with Crippen LogP contribution in [0.5, 0.6) is 0 Å². The molecule has 0 radical (unpaired) electrons. The lowest BCUT2D eigenvalue weighted by molar-refractivity contribution is -0.139. The van der Waals surface area contributed by atoms with E-state index in [1.807, 2.05) is 13.8 Å². The molecule has 1 amide bonds. The SMILES string of the molecule is COCC(C)(C)NC(=O)CC(C)(C)CC(=O)O. The minimum Gasteiger partial charge on any atom is -0.481 e. The summed E-state index contributed by atoms with van der Waals surface area (Å²) in [4.78, 5) is 22.4. The van der Waals surface area contributed by atoms with Gasteiger partial charge < -0.3 is 15.2 Å². The van der Waals surface area contributed by atoms with Crippen LogP contribution in [0.4, 0.5) is 0 Å². The third-order valence-electron chi connectivity index (χ3n) is 2.25. The highest BCUT2D eigenvalue weighted by Crippen LogP contribution is 2.25. The lowest BCUT2D eigenvalue weighted by Crippen LogP contribution is -2.47. The van der Waals surface area contributed by atoms with Crippen LogP contribution in [0.15, 0.2) is 0 Å². The number of methoxy groups -OCH3 is 1. The van der Waals surface area contributed by atoms with Gasteiger partial charge in [-0.3, -0.25) is 9.59 Å². The molecule has 0 spiro atoms. The zero-order valence-electron chi connectivity index (χ0n) is 11.3. The van der Waals surface area contributed by atoms with Gasteiger partial charge in [0.05, 0.1) is 18.6 Å². The van der Waals surface area contributed by atoms with Crippen molar-refractivity contribution in [1.82, 2.24) is 5.32 Å².